The zero-order chi connectivity index (χ0) is 41.5. The Labute approximate surface area is 355 Å². The molecule has 0 radical (unpaired) electrons. The summed E-state index contributed by atoms with van der Waals surface area (Å²) in [6, 6.07) is 17.7. The molecule has 1 aliphatic carbocycles. The van der Waals surface area contributed by atoms with Crippen molar-refractivity contribution in [2.75, 3.05) is 23.4 Å². The summed E-state index contributed by atoms with van der Waals surface area (Å²) in [6.07, 6.45) is 0.169. The highest BCUT2D eigenvalue weighted by Crippen LogP contribution is 2.43. The van der Waals surface area contributed by atoms with E-state index in [1.165, 1.54) is 45.1 Å². The van der Waals surface area contributed by atoms with Gasteiger partial charge in [-0.1, -0.05) is 88.9 Å². The number of thiazole rings is 1. The summed E-state index contributed by atoms with van der Waals surface area (Å²) in [4.78, 5) is 77.8. The average Bonchev–Trinajstić information content (AvgIpc) is 3.73. The number of alkyl carbamates (subject to hydrolysis) is 1. The number of nitrogens with one attached hydrogen (secondary N) is 3. The van der Waals surface area contributed by atoms with Crippen LogP contribution in [0, 0.1) is 5.92 Å². The number of nitrogens with zero attached hydrogens (tertiary/aromatic N) is 5. The van der Waals surface area contributed by atoms with Gasteiger partial charge in [0.2, 0.25) is 6.41 Å². The second-order valence-electron chi connectivity index (χ2n) is 14.5. The van der Waals surface area contributed by atoms with Gasteiger partial charge in [-0.2, -0.15) is 0 Å². The molecule has 1 saturated heterocycles. The second kappa shape index (κ2) is 18.7. The molecule has 59 heavy (non-hydrogen) atoms. The predicted octanol–water partition coefficient (Wildman–Crippen LogP) is 5.37. The first-order valence-corrected chi connectivity index (χ1v) is 22.3. The summed E-state index contributed by atoms with van der Waals surface area (Å²) >= 11 is 5.24. The van der Waals surface area contributed by atoms with Crippen molar-refractivity contribution in [3.63, 3.8) is 0 Å². The number of amides is 4. The van der Waals surface area contributed by atoms with Crippen LogP contribution in [0.4, 0.5) is 9.93 Å². The molecule has 3 aliphatic rings. The summed E-state index contributed by atoms with van der Waals surface area (Å²) < 4.78 is 12.3. The van der Waals surface area contributed by atoms with Crippen LogP contribution in [0.5, 0.6) is 0 Å². The molecular weight excluding hydrogens is 837 g/mol. The van der Waals surface area contributed by atoms with Crippen LogP contribution < -0.4 is 16.0 Å². The number of oxime groups is 1. The third-order valence-corrected chi connectivity index (χ3v) is 13.1. The van der Waals surface area contributed by atoms with Gasteiger partial charge in [0.25, 0.3) is 11.8 Å². The Hall–Kier alpha value is -5.31. The maximum Gasteiger partial charge on any atom is 0.407 e. The fraction of sp³-hybridized carbons (Fsp3) is 0.359. The molecule has 2 fully saturated rings. The van der Waals surface area contributed by atoms with Crippen molar-refractivity contribution in [3.8, 4) is 0 Å². The van der Waals surface area contributed by atoms with Crippen molar-refractivity contribution in [1.29, 1.82) is 0 Å². The molecule has 0 bridgehead atoms. The molecule has 2 aromatic carbocycles. The molecule has 4 heterocycles. The molecule has 2 aliphatic heterocycles. The van der Waals surface area contributed by atoms with Gasteiger partial charge in [0, 0.05) is 22.8 Å². The number of carbonyl (C=O) groups excluding carboxylic acids is 5. The Morgan fingerprint density at radius 1 is 1.05 bits per heavy atom. The molecule has 3 atom stereocenters. The molecule has 308 valence electrons. The summed E-state index contributed by atoms with van der Waals surface area (Å²) in [5.41, 5.74) is 3.08. The maximum absolute atomic E-state index is 14.4. The van der Waals surface area contributed by atoms with Crippen molar-refractivity contribution in [2.24, 2.45) is 11.1 Å². The van der Waals surface area contributed by atoms with Crippen molar-refractivity contribution in [3.05, 3.63) is 99.6 Å². The lowest BCUT2D eigenvalue weighted by Gasteiger charge is -2.49. The van der Waals surface area contributed by atoms with Gasteiger partial charge in [-0.05, 0) is 50.3 Å². The Morgan fingerprint density at radius 3 is 2.39 bits per heavy atom. The molecule has 20 heteroatoms. The lowest BCUT2D eigenvalue weighted by molar-refractivity contribution is -0.154. The van der Waals surface area contributed by atoms with Crippen LogP contribution in [0.1, 0.15) is 56.5 Å². The first-order valence-electron chi connectivity index (χ1n) is 18.5. The van der Waals surface area contributed by atoms with E-state index in [2.05, 4.69) is 36.3 Å². The lowest BCUT2D eigenvalue weighted by Crippen LogP contribution is -2.71. The molecule has 4 aromatic rings. The molecule has 7 rings (SSSR count). The van der Waals surface area contributed by atoms with Gasteiger partial charge in [0.05, 0.1) is 6.54 Å². The van der Waals surface area contributed by atoms with E-state index in [0.717, 1.165) is 35.3 Å². The Bertz CT molecular complexity index is 2170. The highest BCUT2D eigenvalue weighted by atomic mass is 32.2. The number of rotatable bonds is 17. The normalized spacial score (nSPS) is 18.3. The average molecular weight is 877 g/mol. The highest BCUT2D eigenvalue weighted by molar-refractivity contribution is 8.01. The highest BCUT2D eigenvalue weighted by Gasteiger charge is 2.55. The van der Waals surface area contributed by atoms with Crippen molar-refractivity contribution in [2.45, 2.75) is 67.2 Å². The fourth-order valence-corrected chi connectivity index (χ4v) is 9.82. The van der Waals surface area contributed by atoms with E-state index in [-0.39, 0.29) is 34.7 Å². The van der Waals surface area contributed by atoms with Crippen molar-refractivity contribution in [1.82, 2.24) is 30.7 Å². The number of esters is 1. The van der Waals surface area contributed by atoms with E-state index < -0.39 is 53.1 Å². The van der Waals surface area contributed by atoms with Gasteiger partial charge >= 0.3 is 12.1 Å². The number of fused-ring (bicyclic) bond motifs is 1. The fourth-order valence-electron chi connectivity index (χ4n) is 6.19. The summed E-state index contributed by atoms with van der Waals surface area (Å²) in [7, 11) is 0. The second-order valence-corrected chi connectivity index (χ2v) is 18.5. The van der Waals surface area contributed by atoms with Crippen LogP contribution in [0.2, 0.25) is 0 Å². The summed E-state index contributed by atoms with van der Waals surface area (Å²) in [6.45, 7) is 5.34. The van der Waals surface area contributed by atoms with Gasteiger partial charge in [-0.3, -0.25) is 19.3 Å². The number of anilines is 1. The molecule has 4 amide bonds. The standard InChI is InChI=1S/C39H40N8O8S4/c1-39(2,3)54-37(52)40-16-27(22-14-15-22)55-46-28(26-19-57-36(43-26)41-20-48)32(49)44-29-33(50)47-30(25(17-56-34(29)47)18-58-38-45-42-21-59-38)35(51)53-31(23-10-6-4-7-11-23)24-12-8-5-9-13-24/h4-13,19-22,27,29,31,34H,14-18H2,1-3H3,(H,40,52)(H,44,49)(H,41,43,48)/b46-28+/t27?,29?,34-/m1/s1. The van der Waals surface area contributed by atoms with Crippen molar-refractivity contribution < 1.29 is 38.3 Å². The van der Waals surface area contributed by atoms with Crippen LogP contribution in [0.25, 0.3) is 0 Å². The van der Waals surface area contributed by atoms with Gasteiger partial charge in [-0.25, -0.2) is 14.6 Å². The number of carbonyl (C=O) groups is 5. The molecule has 16 nitrogen and oxygen atoms in total. The molecule has 1 saturated carbocycles. The van der Waals surface area contributed by atoms with Crippen LogP contribution in [0.3, 0.4) is 0 Å². The lowest BCUT2D eigenvalue weighted by atomic mass is 10.0. The van der Waals surface area contributed by atoms with Gasteiger partial charge in [-0.15, -0.1) is 33.3 Å². The van der Waals surface area contributed by atoms with E-state index in [4.69, 9.17) is 14.3 Å². The minimum atomic E-state index is -1.05. The third kappa shape index (κ3) is 10.5. The number of hydrogen-bond acceptors (Lipinski definition) is 16. The first-order chi connectivity index (χ1) is 28.5. The van der Waals surface area contributed by atoms with Crippen LogP contribution in [-0.4, -0.2) is 97.3 Å². The Morgan fingerprint density at radius 2 is 1.76 bits per heavy atom. The van der Waals surface area contributed by atoms with E-state index >= 15 is 0 Å². The molecule has 0 spiro atoms. The number of thioether (sulfide) groups is 2. The number of hydrogen-bond donors (Lipinski definition) is 3. The Balaban J connectivity index is 1.12. The summed E-state index contributed by atoms with van der Waals surface area (Å²) in [5.74, 6) is -1.17. The predicted molar refractivity (Wildman–Crippen MR) is 224 cm³/mol. The van der Waals surface area contributed by atoms with Crippen LogP contribution in [0.15, 0.2) is 92.3 Å². The molecular formula is C39H40N8O8S4. The maximum atomic E-state index is 14.4. The monoisotopic (exact) mass is 876 g/mol. The topological polar surface area (TPSA) is 203 Å². The quantitative estimate of drug-likeness (QED) is 0.0306. The van der Waals surface area contributed by atoms with Crippen LogP contribution >= 0.6 is 46.2 Å². The van der Waals surface area contributed by atoms with Gasteiger partial charge in [0.1, 0.15) is 40.0 Å². The zero-order valence-corrected chi connectivity index (χ0v) is 35.3. The van der Waals surface area contributed by atoms with E-state index in [0.29, 0.717) is 27.8 Å². The van der Waals surface area contributed by atoms with Gasteiger partial charge < -0.3 is 30.3 Å². The SMILES string of the molecule is CC(C)(C)OC(=O)NCC(O/N=C(/C(=O)NC1C(=O)N2C(C(=O)OC(c3ccccc3)c3ccccc3)=C(CSc3nncs3)CS[C@H]12)c1csc(NC=O)n1)C1CC1. The van der Waals surface area contributed by atoms with E-state index in [9.17, 15) is 24.0 Å². The number of β-lactam (4-membered cyclic amide) rings is 1. The Kier molecular flexibility index (Phi) is 13.3. The summed E-state index contributed by atoms with van der Waals surface area (Å²) in [5, 5.41) is 21.3. The van der Waals surface area contributed by atoms with E-state index in [1.807, 2.05) is 60.7 Å². The van der Waals surface area contributed by atoms with Crippen LogP contribution in [-0.2, 0) is 33.5 Å². The number of aromatic nitrogens is 3. The molecule has 3 N–H and O–H groups in total. The zero-order valence-electron chi connectivity index (χ0n) is 32.1. The van der Waals surface area contributed by atoms with Crippen molar-refractivity contribution >= 4 is 87.3 Å². The minimum Gasteiger partial charge on any atom is -0.448 e. The number of ether oxygens (including phenoxy) is 2. The third-order valence-electron chi connectivity index (χ3n) is 9.08. The van der Waals surface area contributed by atoms with Gasteiger partial charge in [0.15, 0.2) is 21.3 Å². The first kappa shape index (κ1) is 41.8. The largest absolute Gasteiger partial charge is 0.448 e. The molecule has 2 aromatic heterocycles. The minimum absolute atomic E-state index is 0.0715. The smallest absolute Gasteiger partial charge is 0.407 e. The molecule has 2 unspecified atom stereocenters. The van der Waals surface area contributed by atoms with E-state index in [1.54, 1.807) is 26.3 Å². The number of benzene rings is 2.